The molecule has 0 bridgehead atoms. The molecule has 0 fully saturated rings. The van der Waals surface area contributed by atoms with Gasteiger partial charge in [-0.05, 0) is 13.0 Å². The number of hydrogen-bond acceptors (Lipinski definition) is 3. The summed E-state index contributed by atoms with van der Waals surface area (Å²) in [6.45, 7) is 2.37. The maximum Gasteiger partial charge on any atom is 0.185 e. The predicted octanol–water partition coefficient (Wildman–Crippen LogP) is 2.03. The van der Waals surface area contributed by atoms with Crippen LogP contribution in [-0.2, 0) is 4.74 Å². The largest absolute Gasteiger partial charge is 0.471 e. The fourth-order valence-electron chi connectivity index (χ4n) is 1.71. The van der Waals surface area contributed by atoms with E-state index in [0.29, 0.717) is 24.4 Å². The molecule has 0 aromatic heterocycles. The minimum Gasteiger partial charge on any atom is -0.471 e. The highest BCUT2D eigenvalue weighted by Gasteiger charge is 2.24. The average molecular weight is 222 g/mol. The molecule has 1 heterocycles. The molecule has 0 saturated carbocycles. The first-order chi connectivity index (χ1) is 7.66. The van der Waals surface area contributed by atoms with Crippen molar-refractivity contribution in [1.82, 2.24) is 0 Å². The summed E-state index contributed by atoms with van der Waals surface area (Å²) in [4.78, 5) is 4.22. The third-order valence-corrected chi connectivity index (χ3v) is 2.46. The Balaban J connectivity index is 2.04. The van der Waals surface area contributed by atoms with Crippen molar-refractivity contribution in [3.8, 4) is 0 Å². The zero-order chi connectivity index (χ0) is 11.5. The Hall–Kier alpha value is -1.42. The molecule has 0 saturated heterocycles. The standard InChI is InChI=1S/C12H15FN2O/c1-8(14)6-12-15-7-11(16-12)9-4-2-3-5-10(9)13/h2-5,8,11H,6-7,14H2,1H3. The number of hydrogen-bond donors (Lipinski definition) is 1. The SMILES string of the molecule is CC(N)CC1=NCC(c2ccccc2F)O1. The van der Waals surface area contributed by atoms with E-state index >= 15 is 0 Å². The molecule has 2 unspecified atom stereocenters. The van der Waals surface area contributed by atoms with Gasteiger partial charge in [0.2, 0.25) is 0 Å². The van der Waals surface area contributed by atoms with Gasteiger partial charge in [-0.1, -0.05) is 18.2 Å². The van der Waals surface area contributed by atoms with Crippen LogP contribution in [-0.4, -0.2) is 18.5 Å². The molecule has 1 aliphatic heterocycles. The Morgan fingerprint density at radius 3 is 3.00 bits per heavy atom. The van der Waals surface area contributed by atoms with Gasteiger partial charge in [-0.2, -0.15) is 0 Å². The number of aliphatic imine (C=N–C) groups is 1. The van der Waals surface area contributed by atoms with Gasteiger partial charge in [0.25, 0.3) is 0 Å². The molecule has 1 aromatic rings. The van der Waals surface area contributed by atoms with Crippen LogP contribution in [0, 0.1) is 5.82 Å². The molecule has 4 heteroatoms. The minimum atomic E-state index is -0.296. The van der Waals surface area contributed by atoms with Crippen LogP contribution >= 0.6 is 0 Å². The van der Waals surface area contributed by atoms with Crippen LogP contribution in [0.25, 0.3) is 0 Å². The van der Waals surface area contributed by atoms with E-state index in [1.165, 1.54) is 6.07 Å². The van der Waals surface area contributed by atoms with Crippen molar-refractivity contribution in [3.63, 3.8) is 0 Å². The maximum atomic E-state index is 13.5. The summed E-state index contributed by atoms with van der Waals surface area (Å²) in [5.74, 6) is 0.382. The summed E-state index contributed by atoms with van der Waals surface area (Å²) in [6.07, 6.45) is 0.306. The zero-order valence-electron chi connectivity index (χ0n) is 9.19. The third-order valence-electron chi connectivity index (χ3n) is 2.46. The second-order valence-electron chi connectivity index (χ2n) is 4.04. The number of ether oxygens (including phenoxy) is 1. The van der Waals surface area contributed by atoms with Crippen LogP contribution < -0.4 is 5.73 Å². The van der Waals surface area contributed by atoms with E-state index in [1.54, 1.807) is 18.2 Å². The lowest BCUT2D eigenvalue weighted by Crippen LogP contribution is -2.20. The number of nitrogens with two attached hydrogens (primary N) is 1. The molecule has 1 aromatic carbocycles. The Morgan fingerprint density at radius 2 is 2.31 bits per heavy atom. The van der Waals surface area contributed by atoms with Gasteiger partial charge < -0.3 is 10.5 Å². The van der Waals surface area contributed by atoms with Crippen LogP contribution in [0.4, 0.5) is 4.39 Å². The van der Waals surface area contributed by atoms with Crippen LogP contribution in [0.3, 0.4) is 0 Å². The van der Waals surface area contributed by atoms with Gasteiger partial charge in [0, 0.05) is 18.0 Å². The van der Waals surface area contributed by atoms with E-state index in [0.717, 1.165) is 0 Å². The van der Waals surface area contributed by atoms with Crippen molar-refractivity contribution in [3.05, 3.63) is 35.6 Å². The molecule has 0 radical (unpaired) electrons. The fourth-order valence-corrected chi connectivity index (χ4v) is 1.71. The monoisotopic (exact) mass is 222 g/mol. The van der Waals surface area contributed by atoms with Crippen molar-refractivity contribution in [2.45, 2.75) is 25.5 Å². The average Bonchev–Trinajstić information content (AvgIpc) is 2.66. The number of halogens is 1. The Labute approximate surface area is 94.1 Å². The molecule has 2 atom stereocenters. The fraction of sp³-hybridized carbons (Fsp3) is 0.417. The van der Waals surface area contributed by atoms with Gasteiger partial charge in [0.15, 0.2) is 5.90 Å². The second-order valence-corrected chi connectivity index (χ2v) is 4.04. The lowest BCUT2D eigenvalue weighted by Gasteiger charge is -2.13. The first-order valence-electron chi connectivity index (χ1n) is 5.37. The Kier molecular flexibility index (Phi) is 3.19. The van der Waals surface area contributed by atoms with Crippen LogP contribution in [0.5, 0.6) is 0 Å². The molecular weight excluding hydrogens is 207 g/mol. The van der Waals surface area contributed by atoms with E-state index in [2.05, 4.69) is 4.99 Å². The molecule has 1 aliphatic rings. The van der Waals surface area contributed by atoms with Gasteiger partial charge in [-0.3, -0.25) is 4.99 Å². The van der Waals surface area contributed by atoms with E-state index in [9.17, 15) is 4.39 Å². The minimum absolute atomic E-state index is 0.0121. The highest BCUT2D eigenvalue weighted by molar-refractivity contribution is 5.78. The third kappa shape index (κ3) is 2.39. The van der Waals surface area contributed by atoms with E-state index in [-0.39, 0.29) is 18.0 Å². The van der Waals surface area contributed by atoms with E-state index < -0.39 is 0 Å². The lowest BCUT2D eigenvalue weighted by molar-refractivity contribution is 0.217. The summed E-state index contributed by atoms with van der Waals surface area (Å²) < 4.78 is 19.0. The van der Waals surface area contributed by atoms with Gasteiger partial charge >= 0.3 is 0 Å². The summed E-state index contributed by atoms with van der Waals surface area (Å²) >= 11 is 0. The molecule has 0 spiro atoms. The van der Waals surface area contributed by atoms with Crippen LogP contribution in [0.2, 0.25) is 0 Å². The van der Waals surface area contributed by atoms with Gasteiger partial charge in [-0.25, -0.2) is 4.39 Å². The molecule has 2 N–H and O–H groups in total. The second kappa shape index (κ2) is 4.61. The quantitative estimate of drug-likeness (QED) is 0.850. The molecular formula is C12H15FN2O. The van der Waals surface area contributed by atoms with Crippen molar-refractivity contribution in [1.29, 1.82) is 0 Å². The van der Waals surface area contributed by atoms with Gasteiger partial charge in [0.1, 0.15) is 11.9 Å². The molecule has 0 amide bonds. The van der Waals surface area contributed by atoms with Crippen molar-refractivity contribution in [2.24, 2.45) is 10.7 Å². The van der Waals surface area contributed by atoms with Gasteiger partial charge in [-0.15, -0.1) is 0 Å². The maximum absolute atomic E-state index is 13.5. The highest BCUT2D eigenvalue weighted by atomic mass is 19.1. The Morgan fingerprint density at radius 1 is 1.56 bits per heavy atom. The lowest BCUT2D eigenvalue weighted by atomic mass is 10.1. The smallest absolute Gasteiger partial charge is 0.185 e. The molecule has 2 rings (SSSR count). The number of benzene rings is 1. The first kappa shape index (κ1) is 11.1. The van der Waals surface area contributed by atoms with Crippen molar-refractivity contribution >= 4 is 5.90 Å². The summed E-state index contributed by atoms with van der Waals surface area (Å²) in [7, 11) is 0. The van der Waals surface area contributed by atoms with Crippen molar-refractivity contribution < 1.29 is 9.13 Å². The van der Waals surface area contributed by atoms with Gasteiger partial charge in [0.05, 0.1) is 6.54 Å². The topological polar surface area (TPSA) is 47.6 Å². The van der Waals surface area contributed by atoms with E-state index in [1.807, 2.05) is 6.92 Å². The summed E-state index contributed by atoms with van der Waals surface area (Å²) in [5.41, 5.74) is 6.21. The molecule has 16 heavy (non-hydrogen) atoms. The Bertz CT molecular complexity index is 404. The normalized spacial score (nSPS) is 21.4. The molecule has 0 aliphatic carbocycles. The molecule has 86 valence electrons. The summed E-state index contributed by atoms with van der Waals surface area (Å²) in [5, 5.41) is 0. The summed E-state index contributed by atoms with van der Waals surface area (Å²) in [6, 6.07) is 6.63. The highest BCUT2D eigenvalue weighted by Crippen LogP contribution is 2.25. The van der Waals surface area contributed by atoms with Crippen LogP contribution in [0.15, 0.2) is 29.3 Å². The number of rotatable bonds is 3. The van der Waals surface area contributed by atoms with Crippen molar-refractivity contribution in [2.75, 3.05) is 6.54 Å². The molecule has 3 nitrogen and oxygen atoms in total. The predicted molar refractivity (Wildman–Crippen MR) is 60.8 cm³/mol. The first-order valence-corrected chi connectivity index (χ1v) is 5.37. The van der Waals surface area contributed by atoms with E-state index in [4.69, 9.17) is 10.5 Å². The number of nitrogens with zero attached hydrogens (tertiary/aromatic N) is 1. The zero-order valence-corrected chi connectivity index (χ0v) is 9.19. The van der Waals surface area contributed by atoms with Crippen LogP contribution in [0.1, 0.15) is 25.0 Å².